The van der Waals surface area contributed by atoms with E-state index in [-0.39, 0.29) is 12.6 Å². The van der Waals surface area contributed by atoms with Gasteiger partial charge in [0.1, 0.15) is 6.54 Å². The Kier molecular flexibility index (Phi) is 3.08. The molecule has 0 spiro atoms. The van der Waals surface area contributed by atoms with Crippen LogP contribution in [0.5, 0.6) is 0 Å². The Morgan fingerprint density at radius 2 is 2.08 bits per heavy atom. The van der Waals surface area contributed by atoms with E-state index in [1.807, 2.05) is 0 Å². The smallest absolute Gasteiger partial charge is 0.323 e. The van der Waals surface area contributed by atoms with Gasteiger partial charge in [-0.25, -0.2) is 0 Å². The monoisotopic (exact) mass is 171 g/mol. The third-order valence-corrected chi connectivity index (χ3v) is 2.25. The average molecular weight is 171 g/mol. The maximum absolute atomic E-state index is 10.5. The largest absolute Gasteiger partial charge is 0.480 e. The maximum Gasteiger partial charge on any atom is 0.323 e. The fourth-order valence-corrected chi connectivity index (χ4v) is 1.64. The molecule has 0 heterocycles. The minimum absolute atomic E-state index is 0.159. The molecule has 1 rings (SSSR count). The predicted molar refractivity (Wildman–Crippen MR) is 42.7 cm³/mol. The molecule has 0 aromatic heterocycles. The number of hydrogen-bond donors (Lipinski definition) is 1. The highest BCUT2D eigenvalue weighted by Crippen LogP contribution is 2.21. The highest BCUT2D eigenvalue weighted by Gasteiger charge is 2.22. The topological polar surface area (TPSA) is 57.6 Å². The van der Waals surface area contributed by atoms with Crippen LogP contribution in [0.25, 0.3) is 0 Å². The van der Waals surface area contributed by atoms with E-state index >= 15 is 0 Å². The van der Waals surface area contributed by atoms with Crippen LogP contribution < -0.4 is 0 Å². The van der Waals surface area contributed by atoms with E-state index < -0.39 is 5.97 Å². The van der Waals surface area contributed by atoms with E-state index in [1.54, 1.807) is 0 Å². The molecule has 0 bridgehead atoms. The van der Waals surface area contributed by atoms with Gasteiger partial charge >= 0.3 is 5.97 Å². The van der Waals surface area contributed by atoms with Crippen LogP contribution in [0.3, 0.4) is 0 Å². The van der Waals surface area contributed by atoms with Gasteiger partial charge in [-0.2, -0.15) is 0 Å². The Morgan fingerprint density at radius 3 is 2.50 bits per heavy atom. The Hall–Kier alpha value is -1.06. The van der Waals surface area contributed by atoms with Crippen molar-refractivity contribution in [3.63, 3.8) is 0 Å². The molecule has 0 aromatic rings. The molecule has 1 N–H and O–H groups in total. The van der Waals surface area contributed by atoms with E-state index in [1.165, 1.54) is 4.90 Å². The first-order chi connectivity index (χ1) is 5.74. The molecular weight excluding hydrogens is 158 g/mol. The van der Waals surface area contributed by atoms with Crippen molar-refractivity contribution < 1.29 is 14.7 Å². The van der Waals surface area contributed by atoms with Crippen molar-refractivity contribution >= 4 is 12.4 Å². The molecule has 1 fully saturated rings. The molecule has 1 amide bonds. The van der Waals surface area contributed by atoms with E-state index in [0.29, 0.717) is 6.41 Å². The van der Waals surface area contributed by atoms with E-state index in [4.69, 9.17) is 5.11 Å². The van der Waals surface area contributed by atoms with Crippen LogP contribution in [0.2, 0.25) is 0 Å². The lowest BCUT2D eigenvalue weighted by Gasteiger charge is -2.21. The van der Waals surface area contributed by atoms with Crippen LogP contribution in [-0.2, 0) is 9.59 Å². The number of aliphatic carboxylic acids is 1. The minimum Gasteiger partial charge on any atom is -0.480 e. The molecule has 0 unspecified atom stereocenters. The first-order valence-corrected chi connectivity index (χ1v) is 4.17. The van der Waals surface area contributed by atoms with Crippen LogP contribution in [0.15, 0.2) is 0 Å². The molecule has 12 heavy (non-hydrogen) atoms. The second-order valence-corrected chi connectivity index (χ2v) is 3.11. The lowest BCUT2D eigenvalue weighted by atomic mass is 10.2. The summed E-state index contributed by atoms with van der Waals surface area (Å²) >= 11 is 0. The van der Waals surface area contributed by atoms with Crippen LogP contribution >= 0.6 is 0 Å². The third kappa shape index (κ3) is 2.22. The summed E-state index contributed by atoms with van der Waals surface area (Å²) in [7, 11) is 0. The van der Waals surface area contributed by atoms with Gasteiger partial charge in [-0.3, -0.25) is 9.59 Å². The Balaban J connectivity index is 2.42. The molecule has 0 atom stereocenters. The number of nitrogens with zero attached hydrogens (tertiary/aromatic N) is 1. The van der Waals surface area contributed by atoms with Crippen molar-refractivity contribution in [2.24, 2.45) is 0 Å². The van der Waals surface area contributed by atoms with E-state index in [9.17, 15) is 9.59 Å². The Labute approximate surface area is 71.2 Å². The van der Waals surface area contributed by atoms with Crippen molar-refractivity contribution in [2.75, 3.05) is 6.54 Å². The minimum atomic E-state index is -0.936. The van der Waals surface area contributed by atoms with E-state index in [2.05, 4.69) is 0 Å². The van der Waals surface area contributed by atoms with Gasteiger partial charge in [0.2, 0.25) is 6.41 Å². The molecule has 0 aromatic carbocycles. The zero-order chi connectivity index (χ0) is 8.97. The highest BCUT2D eigenvalue weighted by atomic mass is 16.4. The summed E-state index contributed by atoms with van der Waals surface area (Å²) in [5.74, 6) is -0.936. The molecule has 0 saturated heterocycles. The van der Waals surface area contributed by atoms with Crippen molar-refractivity contribution in [1.29, 1.82) is 0 Å². The molecule has 4 nitrogen and oxygen atoms in total. The summed E-state index contributed by atoms with van der Waals surface area (Å²) in [4.78, 5) is 22.2. The molecule has 4 heteroatoms. The van der Waals surface area contributed by atoms with Gasteiger partial charge in [-0.15, -0.1) is 0 Å². The lowest BCUT2D eigenvalue weighted by Crippen LogP contribution is -2.36. The van der Waals surface area contributed by atoms with Gasteiger partial charge in [0.15, 0.2) is 0 Å². The summed E-state index contributed by atoms with van der Waals surface area (Å²) in [6, 6.07) is 0.165. The van der Waals surface area contributed by atoms with Gasteiger partial charge in [-0.05, 0) is 12.8 Å². The number of carbonyl (C=O) groups is 2. The normalized spacial score (nSPS) is 17.7. The summed E-state index contributed by atoms with van der Waals surface area (Å²) in [6.45, 7) is -0.159. The second kappa shape index (κ2) is 4.09. The number of amides is 1. The molecule has 1 saturated carbocycles. The van der Waals surface area contributed by atoms with Crippen LogP contribution in [0.4, 0.5) is 0 Å². The zero-order valence-corrected chi connectivity index (χ0v) is 6.90. The number of carboxylic acids is 1. The van der Waals surface area contributed by atoms with Crippen LogP contribution in [-0.4, -0.2) is 35.0 Å². The summed E-state index contributed by atoms with van der Waals surface area (Å²) in [5, 5.41) is 8.47. The van der Waals surface area contributed by atoms with Crippen LogP contribution in [0, 0.1) is 0 Å². The zero-order valence-electron chi connectivity index (χ0n) is 6.90. The van der Waals surface area contributed by atoms with Crippen molar-refractivity contribution in [2.45, 2.75) is 31.7 Å². The quantitative estimate of drug-likeness (QED) is 0.625. The molecule has 0 radical (unpaired) electrons. The number of rotatable bonds is 4. The third-order valence-electron chi connectivity index (χ3n) is 2.25. The predicted octanol–water partition coefficient (Wildman–Crippen LogP) is 0.472. The first-order valence-electron chi connectivity index (χ1n) is 4.17. The van der Waals surface area contributed by atoms with Crippen molar-refractivity contribution in [1.82, 2.24) is 4.90 Å². The number of hydrogen-bond acceptors (Lipinski definition) is 2. The summed E-state index contributed by atoms with van der Waals surface area (Å²) in [6.07, 6.45) is 4.76. The standard InChI is InChI=1S/C8H13NO3/c10-6-9(5-8(11)12)7-3-1-2-4-7/h6-7H,1-5H2,(H,11,12). The first kappa shape index (κ1) is 9.03. The molecular formula is C8H13NO3. The Morgan fingerprint density at radius 1 is 1.50 bits per heavy atom. The van der Waals surface area contributed by atoms with Gasteiger partial charge in [0.25, 0.3) is 0 Å². The highest BCUT2D eigenvalue weighted by molar-refractivity contribution is 5.72. The maximum atomic E-state index is 10.5. The number of carbonyl (C=O) groups excluding carboxylic acids is 1. The summed E-state index contributed by atoms with van der Waals surface area (Å²) < 4.78 is 0. The van der Waals surface area contributed by atoms with Gasteiger partial charge < -0.3 is 10.0 Å². The van der Waals surface area contributed by atoms with Crippen molar-refractivity contribution in [3.05, 3.63) is 0 Å². The Bertz CT molecular complexity index is 175. The SMILES string of the molecule is O=CN(CC(=O)O)C1CCCC1. The number of carboxylic acid groups (broad SMARTS) is 1. The van der Waals surface area contributed by atoms with Gasteiger partial charge in [-0.1, -0.05) is 12.8 Å². The van der Waals surface area contributed by atoms with Gasteiger partial charge in [0.05, 0.1) is 0 Å². The molecule has 0 aliphatic heterocycles. The molecule has 68 valence electrons. The average Bonchev–Trinajstić information content (AvgIpc) is 2.51. The summed E-state index contributed by atoms with van der Waals surface area (Å²) in [5.41, 5.74) is 0. The van der Waals surface area contributed by atoms with E-state index in [0.717, 1.165) is 25.7 Å². The molecule has 1 aliphatic rings. The molecule has 1 aliphatic carbocycles. The van der Waals surface area contributed by atoms with Gasteiger partial charge in [0, 0.05) is 6.04 Å². The lowest BCUT2D eigenvalue weighted by molar-refractivity contribution is -0.141. The second-order valence-electron chi connectivity index (χ2n) is 3.11. The van der Waals surface area contributed by atoms with Crippen LogP contribution in [0.1, 0.15) is 25.7 Å². The fourth-order valence-electron chi connectivity index (χ4n) is 1.64. The fraction of sp³-hybridized carbons (Fsp3) is 0.750. The van der Waals surface area contributed by atoms with Crippen molar-refractivity contribution in [3.8, 4) is 0 Å².